The summed E-state index contributed by atoms with van der Waals surface area (Å²) < 4.78 is 42.6. The molecule has 9 nitrogen and oxygen atoms in total. The molecular formula is C19H22N2O7S. The molecule has 2 rings (SSSR count). The standard InChI is InChI=1S/C19H22N2O7S/c1-4-27-18(22)13-6-8-14(9-7-13)21-29(24,25)15-10-11-17(26-3)16(12-15)20-19(23)28-5-2/h6-12,21H,4-5H2,1-3H3,(H,20,23). The molecule has 2 aromatic carbocycles. The van der Waals surface area contributed by atoms with Gasteiger partial charge in [0.25, 0.3) is 10.0 Å². The first kappa shape index (κ1) is 22.0. The van der Waals surface area contributed by atoms with E-state index >= 15 is 0 Å². The molecule has 1 amide bonds. The summed E-state index contributed by atoms with van der Waals surface area (Å²) in [6.07, 6.45) is -0.733. The van der Waals surface area contributed by atoms with E-state index in [1.54, 1.807) is 13.8 Å². The number of ether oxygens (including phenoxy) is 3. The zero-order chi connectivity index (χ0) is 21.4. The number of carbonyl (C=O) groups is 2. The Labute approximate surface area is 169 Å². The minimum atomic E-state index is -3.97. The summed E-state index contributed by atoms with van der Waals surface area (Å²) in [5.41, 5.74) is 0.709. The highest BCUT2D eigenvalue weighted by Gasteiger charge is 2.18. The van der Waals surface area contributed by atoms with Gasteiger partial charge in [-0.1, -0.05) is 0 Å². The number of hydrogen-bond acceptors (Lipinski definition) is 7. The van der Waals surface area contributed by atoms with Gasteiger partial charge in [-0.2, -0.15) is 0 Å². The van der Waals surface area contributed by atoms with Crippen LogP contribution in [0.2, 0.25) is 0 Å². The third kappa shape index (κ3) is 5.85. The van der Waals surface area contributed by atoms with Crippen molar-refractivity contribution in [2.24, 2.45) is 0 Å². The summed E-state index contributed by atoms with van der Waals surface area (Å²) in [5.74, 6) is -0.220. The molecule has 0 saturated heterocycles. The Morgan fingerprint density at radius 3 is 2.21 bits per heavy atom. The second kappa shape index (κ2) is 9.78. The Bertz CT molecular complexity index is 973. The van der Waals surface area contributed by atoms with Crippen LogP contribution in [0, 0.1) is 0 Å². The van der Waals surface area contributed by atoms with Gasteiger partial charge < -0.3 is 14.2 Å². The molecule has 2 aromatic rings. The molecule has 10 heteroatoms. The van der Waals surface area contributed by atoms with Crippen molar-refractivity contribution < 1.29 is 32.2 Å². The van der Waals surface area contributed by atoms with Crippen molar-refractivity contribution in [3.05, 3.63) is 48.0 Å². The predicted octanol–water partition coefficient (Wildman–Crippen LogP) is 3.24. The summed E-state index contributed by atoms with van der Waals surface area (Å²) in [7, 11) is -2.57. The van der Waals surface area contributed by atoms with Crippen LogP contribution in [0.4, 0.5) is 16.2 Å². The van der Waals surface area contributed by atoms with Gasteiger partial charge in [-0.25, -0.2) is 18.0 Å². The average molecular weight is 422 g/mol. The Balaban J connectivity index is 2.24. The van der Waals surface area contributed by atoms with E-state index in [1.165, 1.54) is 49.6 Å². The van der Waals surface area contributed by atoms with Gasteiger partial charge >= 0.3 is 12.1 Å². The van der Waals surface area contributed by atoms with Crippen LogP contribution in [0.25, 0.3) is 0 Å². The zero-order valence-electron chi connectivity index (χ0n) is 16.2. The molecule has 0 aliphatic carbocycles. The Hall–Kier alpha value is -3.27. The van der Waals surface area contributed by atoms with Crippen LogP contribution >= 0.6 is 0 Å². The lowest BCUT2D eigenvalue weighted by molar-refractivity contribution is 0.0526. The lowest BCUT2D eigenvalue weighted by Crippen LogP contribution is -2.16. The number of amides is 1. The molecule has 0 bridgehead atoms. The number of rotatable bonds is 8. The molecule has 0 saturated carbocycles. The van der Waals surface area contributed by atoms with Gasteiger partial charge in [0.15, 0.2) is 0 Å². The molecule has 0 heterocycles. The van der Waals surface area contributed by atoms with E-state index in [2.05, 4.69) is 10.0 Å². The average Bonchev–Trinajstić information content (AvgIpc) is 2.68. The van der Waals surface area contributed by atoms with Gasteiger partial charge in [0.2, 0.25) is 0 Å². The van der Waals surface area contributed by atoms with Crippen molar-refractivity contribution in [1.29, 1.82) is 0 Å². The van der Waals surface area contributed by atoms with Crippen molar-refractivity contribution >= 4 is 33.5 Å². The third-order valence-corrected chi connectivity index (χ3v) is 5.02. The van der Waals surface area contributed by atoms with E-state index < -0.39 is 22.1 Å². The fraction of sp³-hybridized carbons (Fsp3) is 0.263. The van der Waals surface area contributed by atoms with Crippen molar-refractivity contribution in [3.8, 4) is 5.75 Å². The lowest BCUT2D eigenvalue weighted by atomic mass is 10.2. The second-order valence-corrected chi connectivity index (χ2v) is 7.29. The molecule has 0 atom stereocenters. The number of sulfonamides is 1. The van der Waals surface area contributed by atoms with Crippen LogP contribution in [0.3, 0.4) is 0 Å². The normalized spacial score (nSPS) is 10.7. The van der Waals surface area contributed by atoms with Crippen LogP contribution in [0.5, 0.6) is 5.75 Å². The Morgan fingerprint density at radius 2 is 1.62 bits per heavy atom. The van der Waals surface area contributed by atoms with Crippen molar-refractivity contribution in [3.63, 3.8) is 0 Å². The van der Waals surface area contributed by atoms with E-state index in [-0.39, 0.29) is 35.2 Å². The van der Waals surface area contributed by atoms with Crippen molar-refractivity contribution in [2.75, 3.05) is 30.4 Å². The molecule has 29 heavy (non-hydrogen) atoms. The van der Waals surface area contributed by atoms with Gasteiger partial charge in [-0.15, -0.1) is 0 Å². The summed E-state index contributed by atoms with van der Waals surface area (Å²) in [6, 6.07) is 9.82. The third-order valence-electron chi connectivity index (χ3n) is 3.64. The molecule has 0 aliphatic heterocycles. The molecule has 0 aliphatic rings. The first-order valence-electron chi connectivity index (χ1n) is 8.72. The van der Waals surface area contributed by atoms with Gasteiger partial charge in [-0.3, -0.25) is 10.0 Å². The summed E-state index contributed by atoms with van der Waals surface area (Å²) in [4.78, 5) is 23.3. The molecule has 2 N–H and O–H groups in total. The number of esters is 1. The fourth-order valence-electron chi connectivity index (χ4n) is 2.33. The van der Waals surface area contributed by atoms with E-state index in [0.717, 1.165) is 0 Å². The maximum atomic E-state index is 12.7. The first-order valence-corrected chi connectivity index (χ1v) is 10.2. The monoisotopic (exact) mass is 422 g/mol. The largest absolute Gasteiger partial charge is 0.495 e. The van der Waals surface area contributed by atoms with Crippen LogP contribution in [0.15, 0.2) is 47.4 Å². The minimum absolute atomic E-state index is 0.0976. The van der Waals surface area contributed by atoms with Gasteiger partial charge in [0.1, 0.15) is 5.75 Å². The van der Waals surface area contributed by atoms with E-state index in [0.29, 0.717) is 5.56 Å². The maximum absolute atomic E-state index is 12.7. The molecule has 0 spiro atoms. The summed E-state index contributed by atoms with van der Waals surface area (Å²) >= 11 is 0. The number of hydrogen-bond donors (Lipinski definition) is 2. The van der Waals surface area contributed by atoms with E-state index in [1.807, 2.05) is 0 Å². The maximum Gasteiger partial charge on any atom is 0.411 e. The fourth-order valence-corrected chi connectivity index (χ4v) is 3.42. The van der Waals surface area contributed by atoms with Crippen LogP contribution in [0.1, 0.15) is 24.2 Å². The number of methoxy groups -OCH3 is 1. The molecule has 0 radical (unpaired) electrons. The molecular weight excluding hydrogens is 400 g/mol. The molecule has 156 valence electrons. The summed E-state index contributed by atoms with van der Waals surface area (Å²) in [6.45, 7) is 3.75. The van der Waals surface area contributed by atoms with Crippen LogP contribution in [-0.2, 0) is 19.5 Å². The first-order chi connectivity index (χ1) is 13.8. The topological polar surface area (TPSA) is 120 Å². The SMILES string of the molecule is CCOC(=O)Nc1cc(S(=O)(=O)Nc2ccc(C(=O)OCC)cc2)ccc1OC. The molecule has 0 aromatic heterocycles. The molecule has 0 fully saturated rings. The molecule has 0 unspecified atom stereocenters. The highest BCUT2D eigenvalue weighted by molar-refractivity contribution is 7.92. The smallest absolute Gasteiger partial charge is 0.411 e. The van der Waals surface area contributed by atoms with Crippen molar-refractivity contribution in [2.45, 2.75) is 18.7 Å². The van der Waals surface area contributed by atoms with Gasteiger partial charge in [-0.05, 0) is 56.3 Å². The predicted molar refractivity (Wildman–Crippen MR) is 107 cm³/mol. The second-order valence-electron chi connectivity index (χ2n) is 5.61. The van der Waals surface area contributed by atoms with Gasteiger partial charge in [0, 0.05) is 5.69 Å². The number of nitrogens with one attached hydrogen (secondary N) is 2. The van der Waals surface area contributed by atoms with Crippen molar-refractivity contribution in [1.82, 2.24) is 0 Å². The number of anilines is 2. The zero-order valence-corrected chi connectivity index (χ0v) is 17.0. The van der Waals surface area contributed by atoms with Crippen LogP contribution in [-0.4, -0.2) is 40.8 Å². The highest BCUT2D eigenvalue weighted by Crippen LogP contribution is 2.28. The number of benzene rings is 2. The summed E-state index contributed by atoms with van der Waals surface area (Å²) in [5, 5.41) is 2.44. The van der Waals surface area contributed by atoms with E-state index in [9.17, 15) is 18.0 Å². The van der Waals surface area contributed by atoms with E-state index in [4.69, 9.17) is 14.2 Å². The quantitative estimate of drug-likeness (QED) is 0.627. The Morgan fingerprint density at radius 1 is 0.966 bits per heavy atom. The Kier molecular flexibility index (Phi) is 7.43. The number of carbonyl (C=O) groups excluding carboxylic acids is 2. The lowest BCUT2D eigenvalue weighted by Gasteiger charge is -2.13. The van der Waals surface area contributed by atoms with Gasteiger partial charge in [0.05, 0.1) is 36.5 Å². The highest BCUT2D eigenvalue weighted by atomic mass is 32.2. The minimum Gasteiger partial charge on any atom is -0.495 e. The van der Waals surface area contributed by atoms with Crippen LogP contribution < -0.4 is 14.8 Å².